The molecule has 164 valence electrons. The summed E-state index contributed by atoms with van der Waals surface area (Å²) < 4.78 is 6.97. The molecule has 29 heavy (non-hydrogen) atoms. The van der Waals surface area contributed by atoms with E-state index in [4.69, 9.17) is 14.5 Å². The van der Waals surface area contributed by atoms with Crippen LogP contribution in [0.1, 0.15) is 80.1 Å². The smallest absolute Gasteiger partial charge is 0.308 e. The lowest BCUT2D eigenvalue weighted by Crippen LogP contribution is -2.57. The SMILES string of the molecule is CC1=C[C@@H]2C[C@@H](C)[C@]3(C)C[C@@H]([C@@]4(C)CC[C@@H]([C@@H](C)C(=O)O)OO4)O[C@]3(C)[C@@H]2CC1. The molecular formula is C24H38O5. The molecular weight excluding hydrogens is 368 g/mol. The molecule has 9 atom stereocenters. The van der Waals surface area contributed by atoms with Crippen molar-refractivity contribution in [3.8, 4) is 0 Å². The van der Waals surface area contributed by atoms with Crippen molar-refractivity contribution < 1.29 is 24.4 Å². The zero-order chi connectivity index (χ0) is 21.2. The zero-order valence-electron chi connectivity index (χ0n) is 18.9. The maximum Gasteiger partial charge on any atom is 0.308 e. The van der Waals surface area contributed by atoms with Gasteiger partial charge in [0.1, 0.15) is 11.7 Å². The topological polar surface area (TPSA) is 65.0 Å². The third-order valence-electron chi connectivity index (χ3n) is 9.33. The Kier molecular flexibility index (Phi) is 5.20. The molecule has 2 saturated heterocycles. The number of allylic oxidation sites excluding steroid dienone is 2. The highest BCUT2D eigenvalue weighted by molar-refractivity contribution is 5.70. The summed E-state index contributed by atoms with van der Waals surface area (Å²) in [6.07, 6.45) is 8.08. The molecule has 0 spiro atoms. The zero-order valence-corrected chi connectivity index (χ0v) is 18.9. The first kappa shape index (κ1) is 21.3. The molecule has 0 aromatic heterocycles. The monoisotopic (exact) mass is 406 g/mol. The van der Waals surface area contributed by atoms with Crippen molar-refractivity contribution >= 4 is 5.97 Å². The highest BCUT2D eigenvalue weighted by atomic mass is 17.2. The maximum absolute atomic E-state index is 11.3. The van der Waals surface area contributed by atoms with E-state index in [0.29, 0.717) is 24.2 Å². The Bertz CT molecular complexity index is 693. The van der Waals surface area contributed by atoms with Crippen LogP contribution in [0.25, 0.3) is 0 Å². The van der Waals surface area contributed by atoms with Crippen molar-refractivity contribution in [2.75, 3.05) is 0 Å². The highest BCUT2D eigenvalue weighted by Gasteiger charge is 2.66. The third kappa shape index (κ3) is 3.19. The summed E-state index contributed by atoms with van der Waals surface area (Å²) in [5.41, 5.74) is 0.924. The maximum atomic E-state index is 11.3. The van der Waals surface area contributed by atoms with Crippen molar-refractivity contribution in [3.05, 3.63) is 11.6 Å². The number of fused-ring (bicyclic) bond motifs is 3. The molecule has 4 rings (SSSR count). The Morgan fingerprint density at radius 1 is 1.28 bits per heavy atom. The van der Waals surface area contributed by atoms with Crippen LogP contribution in [-0.4, -0.2) is 34.5 Å². The molecule has 2 heterocycles. The van der Waals surface area contributed by atoms with E-state index in [1.165, 1.54) is 24.8 Å². The van der Waals surface area contributed by atoms with E-state index in [9.17, 15) is 9.90 Å². The predicted octanol–water partition coefficient (Wildman–Crippen LogP) is 5.14. The lowest BCUT2D eigenvalue weighted by molar-refractivity contribution is -0.426. The van der Waals surface area contributed by atoms with E-state index < -0.39 is 23.6 Å². The van der Waals surface area contributed by atoms with Gasteiger partial charge in [-0.2, -0.15) is 0 Å². The van der Waals surface area contributed by atoms with Gasteiger partial charge in [0.15, 0.2) is 0 Å². The van der Waals surface area contributed by atoms with Crippen molar-refractivity contribution in [2.24, 2.45) is 29.1 Å². The second-order valence-electron chi connectivity index (χ2n) is 11.0. The van der Waals surface area contributed by atoms with Gasteiger partial charge >= 0.3 is 5.97 Å². The molecule has 0 bridgehead atoms. The Balaban J connectivity index is 1.54. The summed E-state index contributed by atoms with van der Waals surface area (Å²) >= 11 is 0. The van der Waals surface area contributed by atoms with Crippen LogP contribution >= 0.6 is 0 Å². The number of carbonyl (C=O) groups is 1. The van der Waals surface area contributed by atoms with Crippen LogP contribution in [0.3, 0.4) is 0 Å². The van der Waals surface area contributed by atoms with Gasteiger partial charge in [-0.15, -0.1) is 0 Å². The van der Waals surface area contributed by atoms with Crippen LogP contribution in [0.2, 0.25) is 0 Å². The summed E-state index contributed by atoms with van der Waals surface area (Å²) in [5.74, 6) is 0.317. The fourth-order valence-corrected chi connectivity index (χ4v) is 6.75. The van der Waals surface area contributed by atoms with Crippen LogP contribution in [-0.2, 0) is 19.3 Å². The molecule has 0 aromatic carbocycles. The summed E-state index contributed by atoms with van der Waals surface area (Å²) in [6, 6.07) is 0. The van der Waals surface area contributed by atoms with Gasteiger partial charge in [0, 0.05) is 5.41 Å². The quantitative estimate of drug-likeness (QED) is 0.519. The Morgan fingerprint density at radius 3 is 2.62 bits per heavy atom. The fraction of sp³-hybridized carbons (Fsp3) is 0.875. The first-order chi connectivity index (χ1) is 13.5. The van der Waals surface area contributed by atoms with Gasteiger partial charge in [0.2, 0.25) is 0 Å². The summed E-state index contributed by atoms with van der Waals surface area (Å²) in [6.45, 7) is 13.2. The minimum Gasteiger partial charge on any atom is -0.481 e. The van der Waals surface area contributed by atoms with Gasteiger partial charge in [-0.05, 0) is 84.0 Å². The minimum atomic E-state index is -0.842. The van der Waals surface area contributed by atoms with Gasteiger partial charge < -0.3 is 9.84 Å². The first-order valence-electron chi connectivity index (χ1n) is 11.4. The molecule has 0 aromatic rings. The van der Waals surface area contributed by atoms with Gasteiger partial charge in [0.05, 0.1) is 17.6 Å². The van der Waals surface area contributed by atoms with Crippen molar-refractivity contribution in [3.63, 3.8) is 0 Å². The van der Waals surface area contributed by atoms with Crippen LogP contribution in [0.15, 0.2) is 11.6 Å². The standard InChI is InChI=1S/C24H38O5/c1-14-7-8-18-17(11-14)12-15(2)22(4)13-20(27-24(18,22)6)23(5)10-9-19(28-29-23)16(3)21(25)26/h11,15-20H,7-10,12-13H2,1-6H3,(H,25,26)/t15-,16-,17-,18-,19+,20+,22+,23-,24-/m1/s1. The number of carboxylic acid groups (broad SMARTS) is 1. The normalized spacial score (nSPS) is 51.0. The molecule has 0 unspecified atom stereocenters. The minimum absolute atomic E-state index is 0.0354. The number of carboxylic acids is 1. The lowest BCUT2D eigenvalue weighted by atomic mass is 9.50. The van der Waals surface area contributed by atoms with Crippen LogP contribution in [0, 0.1) is 29.1 Å². The van der Waals surface area contributed by atoms with E-state index in [-0.39, 0.29) is 17.1 Å². The van der Waals surface area contributed by atoms with Gasteiger partial charge in [0.25, 0.3) is 0 Å². The van der Waals surface area contributed by atoms with Crippen LogP contribution < -0.4 is 0 Å². The average molecular weight is 407 g/mol. The first-order valence-corrected chi connectivity index (χ1v) is 11.4. The van der Waals surface area contributed by atoms with Crippen molar-refractivity contribution in [1.29, 1.82) is 0 Å². The van der Waals surface area contributed by atoms with E-state index >= 15 is 0 Å². The average Bonchev–Trinajstić information content (AvgIpc) is 2.96. The third-order valence-corrected chi connectivity index (χ3v) is 9.33. The van der Waals surface area contributed by atoms with Crippen molar-refractivity contribution in [1.82, 2.24) is 0 Å². The summed E-state index contributed by atoms with van der Waals surface area (Å²) in [5, 5.41) is 9.28. The number of hydrogen-bond acceptors (Lipinski definition) is 4. The highest BCUT2D eigenvalue weighted by Crippen LogP contribution is 2.65. The predicted molar refractivity (Wildman–Crippen MR) is 110 cm³/mol. The summed E-state index contributed by atoms with van der Waals surface area (Å²) in [4.78, 5) is 22.8. The second kappa shape index (κ2) is 7.06. The molecule has 5 nitrogen and oxygen atoms in total. The van der Waals surface area contributed by atoms with Gasteiger partial charge in [-0.3, -0.25) is 4.79 Å². The van der Waals surface area contributed by atoms with E-state index in [1.54, 1.807) is 6.92 Å². The number of ether oxygens (including phenoxy) is 1. The van der Waals surface area contributed by atoms with Crippen LogP contribution in [0.5, 0.6) is 0 Å². The molecule has 0 radical (unpaired) electrons. The molecule has 2 aliphatic heterocycles. The van der Waals surface area contributed by atoms with Gasteiger partial charge in [-0.1, -0.05) is 25.5 Å². The Hall–Kier alpha value is -0.910. The molecule has 5 heteroatoms. The number of aliphatic carboxylic acids is 1. The van der Waals surface area contributed by atoms with E-state index in [2.05, 4.69) is 40.7 Å². The molecule has 0 amide bonds. The fourth-order valence-electron chi connectivity index (χ4n) is 6.75. The molecule has 2 aliphatic carbocycles. The number of hydrogen-bond donors (Lipinski definition) is 1. The summed E-state index contributed by atoms with van der Waals surface area (Å²) in [7, 11) is 0. The molecule has 3 fully saturated rings. The van der Waals surface area contributed by atoms with Crippen molar-refractivity contribution in [2.45, 2.75) is 103 Å². The van der Waals surface area contributed by atoms with Crippen LogP contribution in [0.4, 0.5) is 0 Å². The number of rotatable bonds is 3. The lowest BCUT2D eigenvalue weighted by Gasteiger charge is -2.56. The van der Waals surface area contributed by atoms with E-state index in [0.717, 1.165) is 12.8 Å². The molecule has 1 saturated carbocycles. The second-order valence-corrected chi connectivity index (χ2v) is 11.0. The largest absolute Gasteiger partial charge is 0.481 e. The molecule has 4 aliphatic rings. The Labute approximate surface area is 175 Å². The van der Waals surface area contributed by atoms with E-state index in [1.807, 2.05) is 0 Å². The molecule has 1 N–H and O–H groups in total. The van der Waals surface area contributed by atoms with Gasteiger partial charge in [-0.25, -0.2) is 9.78 Å². The Morgan fingerprint density at radius 2 is 2.00 bits per heavy atom.